The van der Waals surface area contributed by atoms with Crippen molar-refractivity contribution in [2.45, 2.75) is 89.1 Å². The minimum Gasteiger partial charge on any atom is -0.385 e. The van der Waals surface area contributed by atoms with Gasteiger partial charge in [0.1, 0.15) is 23.8 Å². The molecule has 2 aromatic carbocycles. The zero-order valence-electron chi connectivity index (χ0n) is 26.6. The normalized spacial score (nSPS) is 24.6. The highest BCUT2D eigenvalue weighted by Gasteiger charge is 2.41. The molecule has 4 heterocycles. The number of aliphatic hydroxyl groups is 1. The maximum absolute atomic E-state index is 16.7. The molecular formula is C35H39FN6O5. The standard InChI is InChI=1S/C35H39FN6O5/c1-3-7-28-26(16-22-10-15-25(21-8-5-4-6-9-21)31(32(22)36)27-17-30(43)40-39-27)33(44)41(34-37-20-38-42(28)34)23-11-13-24(14-12-23)47-29-18-46-19-35(29,2)45/h4-6,8-10,15,20,23-24,29,45H,3,7,11-14,16-19H2,1-2H3,(H,40,43). The van der Waals surface area contributed by atoms with Crippen molar-refractivity contribution in [3.63, 3.8) is 0 Å². The summed E-state index contributed by atoms with van der Waals surface area (Å²) in [7, 11) is 0. The summed E-state index contributed by atoms with van der Waals surface area (Å²) in [5.74, 6) is -0.321. The van der Waals surface area contributed by atoms with Gasteiger partial charge in [-0.15, -0.1) is 0 Å². The van der Waals surface area contributed by atoms with Crippen LogP contribution in [0.25, 0.3) is 16.9 Å². The van der Waals surface area contributed by atoms with E-state index >= 15 is 4.39 Å². The zero-order chi connectivity index (χ0) is 32.7. The van der Waals surface area contributed by atoms with Crippen molar-refractivity contribution in [3.05, 3.63) is 87.3 Å². The molecule has 3 aliphatic rings. The Morgan fingerprint density at radius 1 is 1.13 bits per heavy atom. The molecule has 2 aromatic heterocycles. The number of carbonyl (C=O) groups is 1. The van der Waals surface area contributed by atoms with Gasteiger partial charge in [-0.2, -0.15) is 15.2 Å². The van der Waals surface area contributed by atoms with Gasteiger partial charge in [0.2, 0.25) is 11.7 Å². The van der Waals surface area contributed by atoms with Crippen LogP contribution in [0.4, 0.5) is 4.39 Å². The predicted octanol–water partition coefficient (Wildman–Crippen LogP) is 4.11. The summed E-state index contributed by atoms with van der Waals surface area (Å²) in [6, 6.07) is 12.9. The van der Waals surface area contributed by atoms with Gasteiger partial charge in [-0.3, -0.25) is 14.2 Å². The van der Waals surface area contributed by atoms with Crippen LogP contribution in [0.5, 0.6) is 0 Å². The van der Waals surface area contributed by atoms with Crippen LogP contribution in [0, 0.1) is 5.82 Å². The number of nitrogens with zero attached hydrogens (tertiary/aromatic N) is 5. The third-order valence-electron chi connectivity index (χ3n) is 9.64. The van der Waals surface area contributed by atoms with Crippen LogP contribution >= 0.6 is 0 Å². The average Bonchev–Trinajstić information content (AvgIpc) is 3.81. The largest absolute Gasteiger partial charge is 0.385 e. The number of aryl methyl sites for hydroxylation is 1. The first-order valence-corrected chi connectivity index (χ1v) is 16.4. The fourth-order valence-corrected chi connectivity index (χ4v) is 7.17. The Balaban J connectivity index is 1.25. The lowest BCUT2D eigenvalue weighted by atomic mass is 9.90. The van der Waals surface area contributed by atoms with Crippen molar-refractivity contribution in [1.29, 1.82) is 0 Å². The molecule has 1 saturated carbocycles. The number of hydrogen-bond acceptors (Lipinski definition) is 8. The molecule has 2 fully saturated rings. The summed E-state index contributed by atoms with van der Waals surface area (Å²) >= 11 is 0. The van der Waals surface area contributed by atoms with E-state index in [0.717, 1.165) is 12.0 Å². The molecule has 2 aliphatic heterocycles. The van der Waals surface area contributed by atoms with Crippen LogP contribution in [-0.2, 0) is 27.1 Å². The molecule has 1 aliphatic carbocycles. The minimum atomic E-state index is -1.02. The number of benzene rings is 2. The Kier molecular flexibility index (Phi) is 8.50. The molecule has 0 radical (unpaired) electrons. The van der Waals surface area contributed by atoms with Crippen molar-refractivity contribution >= 4 is 17.4 Å². The monoisotopic (exact) mass is 642 g/mol. The van der Waals surface area contributed by atoms with Crippen molar-refractivity contribution < 1.29 is 23.8 Å². The quantitative estimate of drug-likeness (QED) is 0.281. The number of carbonyl (C=O) groups excluding carboxylic acids is 1. The van der Waals surface area contributed by atoms with Crippen molar-refractivity contribution in [2.75, 3.05) is 13.2 Å². The summed E-state index contributed by atoms with van der Waals surface area (Å²) in [5.41, 5.74) is 4.78. The first kappa shape index (κ1) is 31.3. The molecule has 12 heteroatoms. The van der Waals surface area contributed by atoms with Gasteiger partial charge < -0.3 is 14.6 Å². The lowest BCUT2D eigenvalue weighted by Crippen LogP contribution is -2.43. The van der Waals surface area contributed by atoms with Crippen LogP contribution in [0.1, 0.15) is 80.8 Å². The first-order chi connectivity index (χ1) is 22.7. The van der Waals surface area contributed by atoms with Crippen LogP contribution in [0.15, 0.2) is 58.7 Å². The fourth-order valence-electron chi connectivity index (χ4n) is 7.17. The van der Waals surface area contributed by atoms with Gasteiger partial charge in [0.15, 0.2) is 0 Å². The summed E-state index contributed by atoms with van der Waals surface area (Å²) in [4.78, 5) is 31.1. The summed E-state index contributed by atoms with van der Waals surface area (Å²) in [6.07, 6.45) is 5.15. The molecule has 11 nitrogen and oxygen atoms in total. The van der Waals surface area contributed by atoms with Gasteiger partial charge in [-0.05, 0) is 55.7 Å². The second-order valence-corrected chi connectivity index (χ2v) is 13.0. The molecule has 7 rings (SSSR count). The van der Waals surface area contributed by atoms with Crippen molar-refractivity contribution in [1.82, 2.24) is 24.6 Å². The van der Waals surface area contributed by atoms with E-state index in [1.807, 2.05) is 43.3 Å². The molecule has 0 spiro atoms. The van der Waals surface area contributed by atoms with E-state index in [0.29, 0.717) is 72.6 Å². The number of nitrogens with one attached hydrogen (secondary N) is 1. The summed E-state index contributed by atoms with van der Waals surface area (Å²) < 4.78 is 31.9. The molecule has 2 unspecified atom stereocenters. The molecule has 1 amide bonds. The van der Waals surface area contributed by atoms with E-state index in [1.54, 1.807) is 22.1 Å². The van der Waals surface area contributed by atoms with Gasteiger partial charge in [-0.1, -0.05) is 55.8 Å². The van der Waals surface area contributed by atoms with Crippen molar-refractivity contribution in [2.24, 2.45) is 5.10 Å². The molecule has 2 atom stereocenters. The Hall–Kier alpha value is -4.26. The first-order valence-electron chi connectivity index (χ1n) is 16.4. The van der Waals surface area contributed by atoms with E-state index in [9.17, 15) is 14.7 Å². The van der Waals surface area contributed by atoms with Crippen LogP contribution in [0.3, 0.4) is 0 Å². The smallest absolute Gasteiger partial charge is 0.259 e. The van der Waals surface area contributed by atoms with Gasteiger partial charge in [0, 0.05) is 23.6 Å². The van der Waals surface area contributed by atoms with Crippen LogP contribution < -0.4 is 11.0 Å². The lowest BCUT2D eigenvalue weighted by molar-refractivity contribution is -0.119. The third kappa shape index (κ3) is 5.90. The number of ether oxygens (including phenoxy) is 2. The maximum Gasteiger partial charge on any atom is 0.259 e. The Labute approximate surface area is 271 Å². The van der Waals surface area contributed by atoms with Gasteiger partial charge in [0.25, 0.3) is 5.56 Å². The SMILES string of the molecule is CCCc1c(Cc2ccc(-c3ccccc3)c(C3=NNC(=O)C3)c2F)c(=O)n(C2CCC(OC3COCC3(C)O)CC2)c2ncnn12. The van der Waals surface area contributed by atoms with E-state index in [4.69, 9.17) is 9.47 Å². The number of fused-ring (bicyclic) bond motifs is 1. The molecule has 47 heavy (non-hydrogen) atoms. The lowest BCUT2D eigenvalue weighted by Gasteiger charge is -2.34. The number of hydrazone groups is 1. The topological polar surface area (TPSA) is 132 Å². The predicted molar refractivity (Wildman–Crippen MR) is 173 cm³/mol. The average molecular weight is 643 g/mol. The van der Waals surface area contributed by atoms with Crippen molar-refractivity contribution in [3.8, 4) is 11.1 Å². The highest BCUT2D eigenvalue weighted by atomic mass is 19.1. The molecule has 1 saturated heterocycles. The molecule has 2 N–H and O–H groups in total. The van der Waals surface area contributed by atoms with Crippen LogP contribution in [0.2, 0.25) is 0 Å². The summed E-state index contributed by atoms with van der Waals surface area (Å²) in [5, 5.41) is 19.3. The van der Waals surface area contributed by atoms with E-state index in [-0.39, 0.29) is 54.7 Å². The summed E-state index contributed by atoms with van der Waals surface area (Å²) in [6.45, 7) is 4.37. The van der Waals surface area contributed by atoms with E-state index in [1.165, 1.54) is 6.33 Å². The third-order valence-corrected chi connectivity index (χ3v) is 9.64. The molecular weight excluding hydrogens is 603 g/mol. The number of rotatable bonds is 9. The van der Waals surface area contributed by atoms with E-state index < -0.39 is 11.4 Å². The Morgan fingerprint density at radius 3 is 2.60 bits per heavy atom. The molecule has 246 valence electrons. The highest BCUT2D eigenvalue weighted by Crippen LogP contribution is 2.35. The molecule has 0 bridgehead atoms. The highest BCUT2D eigenvalue weighted by molar-refractivity contribution is 6.16. The molecule has 4 aromatic rings. The minimum absolute atomic E-state index is 0.0310. The number of amides is 1. The Bertz CT molecular complexity index is 1890. The fraction of sp³-hybridized carbons (Fsp3) is 0.457. The number of aromatic nitrogens is 4. The zero-order valence-corrected chi connectivity index (χ0v) is 26.6. The Morgan fingerprint density at radius 2 is 1.91 bits per heavy atom. The van der Waals surface area contributed by atoms with E-state index in [2.05, 4.69) is 20.6 Å². The second-order valence-electron chi connectivity index (χ2n) is 13.0. The maximum atomic E-state index is 16.7. The number of halogens is 1. The van der Waals surface area contributed by atoms with Crippen LogP contribution in [-0.4, -0.2) is 66.9 Å². The van der Waals surface area contributed by atoms with Gasteiger partial charge in [-0.25, -0.2) is 14.3 Å². The number of hydrogen-bond donors (Lipinski definition) is 2. The van der Waals surface area contributed by atoms with Gasteiger partial charge in [0.05, 0.1) is 37.1 Å². The second kappa shape index (κ2) is 12.7. The van der Waals surface area contributed by atoms with Gasteiger partial charge >= 0.3 is 0 Å².